The van der Waals surface area contributed by atoms with Gasteiger partial charge in [-0.25, -0.2) is 9.98 Å². The molecule has 0 saturated carbocycles. The Hall–Kier alpha value is -0.0970. The number of hydrogen-bond donors (Lipinski definition) is 1. The summed E-state index contributed by atoms with van der Waals surface area (Å²) in [7, 11) is 0. The number of amidine groups is 1. The average molecular weight is 658 g/mol. The van der Waals surface area contributed by atoms with Gasteiger partial charge in [0.05, 0.1) is 6.42 Å². The van der Waals surface area contributed by atoms with Crippen molar-refractivity contribution in [2.45, 2.75) is 20.3 Å². The Labute approximate surface area is 149 Å². The first-order valence-corrected chi connectivity index (χ1v) is 4.70. The molecule has 1 amide bonds. The number of aliphatic imine (C=N–C) groups is 2. The third-order valence-electron chi connectivity index (χ3n) is 1.63. The number of nitrogens with one attached hydrogen (secondary N) is 1. The van der Waals surface area contributed by atoms with Crippen LogP contribution in [0.1, 0.15) is 19.2 Å². The third-order valence-corrected chi connectivity index (χ3v) is 1.63. The molecule has 5 radical (unpaired) electrons. The van der Waals surface area contributed by atoms with E-state index in [1.807, 2.05) is 0 Å². The number of carbonyl (C=O) groups is 1. The number of H-pyrrole nitrogens is 1. The molecule has 2 heterocycles. The maximum absolute atomic E-state index is 10.4. The van der Waals surface area contributed by atoms with Crippen LogP contribution in [0.3, 0.4) is 0 Å². The summed E-state index contributed by atoms with van der Waals surface area (Å²) < 4.78 is 0. The molecule has 1 aliphatic heterocycles. The summed E-state index contributed by atoms with van der Waals surface area (Å²) in [5, 5.41) is 0. The molecule has 0 fully saturated rings. The first kappa shape index (κ1) is 20.2. The van der Waals surface area contributed by atoms with E-state index in [0.29, 0.717) is 18.1 Å². The minimum atomic E-state index is -0.0995. The number of aryl methyl sites for hydroxylation is 1. The fraction of sp³-hybridized carbons (Fsp3) is 0.300. The molecule has 0 spiro atoms. The van der Waals surface area contributed by atoms with Gasteiger partial charge in [-0.15, -0.1) is 0 Å². The maximum Gasteiger partial charge on any atom is 0.252 e. The molecule has 0 unspecified atom stereocenters. The van der Waals surface area contributed by atoms with Crippen LogP contribution in [0.4, 0.5) is 0 Å². The van der Waals surface area contributed by atoms with E-state index in [9.17, 15) is 9.59 Å². The van der Waals surface area contributed by atoms with Gasteiger partial charge in [0, 0.05) is 78.1 Å². The number of aromatic amines is 1. The van der Waals surface area contributed by atoms with Gasteiger partial charge in [0.2, 0.25) is 0 Å². The number of aromatic nitrogens is 2. The van der Waals surface area contributed by atoms with Gasteiger partial charge in [-0.05, 0) is 13.8 Å². The summed E-state index contributed by atoms with van der Waals surface area (Å²) in [6, 6.07) is 1.38. The van der Waals surface area contributed by atoms with E-state index in [2.05, 4.69) is 20.0 Å². The van der Waals surface area contributed by atoms with Crippen LogP contribution in [0.5, 0.6) is 0 Å². The standard InChI is InChI=1S/2C5H6N2O.Pa.Pb/c2*1-4-6-3-2-5(8)7-4;;/h3H,2H2,1H3;2-3H,1H3,(H,6,7,8);;. The average Bonchev–Trinajstić information content (AvgIpc) is 2.17. The Morgan fingerprint density at radius 1 is 1.28 bits per heavy atom. The van der Waals surface area contributed by atoms with E-state index < -0.39 is 0 Å². The Morgan fingerprint density at radius 3 is 2.28 bits per heavy atom. The summed E-state index contributed by atoms with van der Waals surface area (Å²) in [5.74, 6) is 1.11. The second-order valence-corrected chi connectivity index (χ2v) is 3.09. The van der Waals surface area contributed by atoms with Gasteiger partial charge in [0.1, 0.15) is 11.7 Å². The van der Waals surface area contributed by atoms with Crippen molar-refractivity contribution in [3.8, 4) is 0 Å². The number of carbonyl (C=O) groups excluding carboxylic acids is 1. The van der Waals surface area contributed by atoms with Crippen molar-refractivity contribution in [2.24, 2.45) is 9.98 Å². The molecular weight excluding hydrogens is 646 g/mol. The maximum atomic E-state index is 10.4. The van der Waals surface area contributed by atoms with Gasteiger partial charge < -0.3 is 4.98 Å². The number of hydrogen-bond acceptors (Lipinski definition) is 4. The Kier molecular flexibility index (Phi) is 12.1. The SMILES string of the molecule is CC1=NC(=O)CC=N1.Cc1nccc(=O)[nH]1.[Pa].[Pb]. The van der Waals surface area contributed by atoms with Crippen LogP contribution in [-0.4, -0.2) is 55.2 Å². The van der Waals surface area contributed by atoms with E-state index in [1.165, 1.54) is 12.3 Å². The van der Waals surface area contributed by atoms with E-state index in [0.717, 1.165) is 0 Å². The first-order valence-electron chi connectivity index (χ1n) is 4.70. The van der Waals surface area contributed by atoms with E-state index >= 15 is 0 Å². The second-order valence-electron chi connectivity index (χ2n) is 3.09. The molecule has 18 heavy (non-hydrogen) atoms. The van der Waals surface area contributed by atoms with Crippen molar-refractivity contribution < 1.29 is 37.1 Å². The van der Waals surface area contributed by atoms with Crippen molar-refractivity contribution >= 4 is 45.3 Å². The van der Waals surface area contributed by atoms with Gasteiger partial charge in [-0.2, -0.15) is 4.99 Å². The van der Waals surface area contributed by atoms with Crippen LogP contribution in [0, 0.1) is 39.2 Å². The van der Waals surface area contributed by atoms with Gasteiger partial charge in [0.25, 0.3) is 11.5 Å². The number of rotatable bonds is 0. The van der Waals surface area contributed by atoms with Gasteiger partial charge in [0.15, 0.2) is 0 Å². The normalized spacial score (nSPS) is 12.3. The zero-order chi connectivity index (χ0) is 12.0. The van der Waals surface area contributed by atoms with Crippen LogP contribution in [-0.2, 0) is 4.79 Å². The van der Waals surface area contributed by atoms with E-state index in [1.54, 1.807) is 20.1 Å². The summed E-state index contributed by atoms with van der Waals surface area (Å²) >= 11 is 0. The van der Waals surface area contributed by atoms with Crippen LogP contribution < -0.4 is 5.56 Å². The molecule has 1 N–H and O–H groups in total. The molecule has 1 aromatic rings. The van der Waals surface area contributed by atoms with Gasteiger partial charge >= 0.3 is 0 Å². The van der Waals surface area contributed by atoms with Crippen molar-refractivity contribution in [1.29, 1.82) is 0 Å². The molecular formula is C10H12N4O2PaPb. The molecule has 0 aromatic carbocycles. The van der Waals surface area contributed by atoms with Crippen LogP contribution in [0.15, 0.2) is 27.0 Å². The predicted octanol–water partition coefficient (Wildman–Crippen LogP) is 0.103. The molecule has 8 heteroatoms. The van der Waals surface area contributed by atoms with Crippen LogP contribution in [0.25, 0.3) is 0 Å². The molecule has 91 valence electrons. The van der Waals surface area contributed by atoms with E-state index in [4.69, 9.17) is 0 Å². The summed E-state index contributed by atoms with van der Waals surface area (Å²) in [6.45, 7) is 3.44. The fourth-order valence-corrected chi connectivity index (χ4v) is 0.980. The Morgan fingerprint density at radius 2 is 1.94 bits per heavy atom. The molecule has 0 saturated heterocycles. The number of amides is 1. The summed E-state index contributed by atoms with van der Waals surface area (Å²) in [4.78, 5) is 34.4. The topological polar surface area (TPSA) is 87.5 Å². The zero-order valence-electron chi connectivity index (χ0n) is 10.2. The molecule has 1 aromatic heterocycles. The van der Waals surface area contributed by atoms with Crippen molar-refractivity contribution in [1.82, 2.24) is 9.97 Å². The third kappa shape index (κ3) is 8.92. The molecule has 1 aliphatic rings. The van der Waals surface area contributed by atoms with Gasteiger partial charge in [-0.1, -0.05) is 0 Å². The second kappa shape index (κ2) is 10.8. The van der Waals surface area contributed by atoms with Crippen molar-refractivity contribution in [3.05, 3.63) is 28.4 Å². The first-order chi connectivity index (χ1) is 7.58. The predicted molar refractivity (Wildman–Crippen MR) is 66.6 cm³/mol. The largest absolute Gasteiger partial charge is 0.311 e. The molecule has 0 atom stereocenters. The summed E-state index contributed by atoms with van der Waals surface area (Å²) in [6.07, 6.45) is 3.41. The smallest absolute Gasteiger partial charge is 0.252 e. The van der Waals surface area contributed by atoms with Crippen LogP contribution in [0.2, 0.25) is 0 Å². The Balaban J connectivity index is 0. The van der Waals surface area contributed by atoms with E-state index in [-0.39, 0.29) is 71.1 Å². The molecule has 0 aliphatic carbocycles. The molecule has 2 rings (SSSR count). The molecule has 6 nitrogen and oxygen atoms in total. The minimum absolute atomic E-state index is 0. The zero-order valence-corrected chi connectivity index (χ0v) is 18.9. The quantitative estimate of drug-likeness (QED) is 0.402. The fourth-order valence-electron chi connectivity index (χ4n) is 0.980. The summed E-state index contributed by atoms with van der Waals surface area (Å²) in [5.41, 5.74) is -0.0995. The van der Waals surface area contributed by atoms with Gasteiger partial charge in [-0.3, -0.25) is 9.59 Å². The Bertz CT molecular complexity index is 499. The van der Waals surface area contributed by atoms with Crippen molar-refractivity contribution in [2.75, 3.05) is 0 Å². The number of nitrogens with zero attached hydrogens (tertiary/aromatic N) is 3. The minimum Gasteiger partial charge on any atom is -0.311 e. The van der Waals surface area contributed by atoms with Crippen molar-refractivity contribution in [3.63, 3.8) is 0 Å². The monoisotopic (exact) mass is 659 g/mol. The molecule has 0 bridgehead atoms. The van der Waals surface area contributed by atoms with Crippen LogP contribution >= 0.6 is 0 Å².